The number of amides is 1. The Kier molecular flexibility index (Phi) is 4.80. The second-order valence-electron chi connectivity index (χ2n) is 7.34. The van der Waals surface area contributed by atoms with Crippen LogP contribution in [0.15, 0.2) is 60.9 Å². The van der Waals surface area contributed by atoms with Gasteiger partial charge in [-0.25, -0.2) is 0 Å². The molecule has 1 aromatic heterocycles. The van der Waals surface area contributed by atoms with Gasteiger partial charge in [0.15, 0.2) is 0 Å². The Morgan fingerprint density at radius 1 is 1.15 bits per heavy atom. The van der Waals surface area contributed by atoms with Crippen LogP contribution in [0.4, 0.5) is 5.69 Å². The smallest absolute Gasteiger partial charge is 0.255 e. The minimum absolute atomic E-state index is 0.0571. The van der Waals surface area contributed by atoms with Crippen molar-refractivity contribution in [2.45, 2.75) is 32.7 Å². The fourth-order valence-corrected chi connectivity index (χ4v) is 2.64. The summed E-state index contributed by atoms with van der Waals surface area (Å²) < 4.78 is 1.82. The zero-order chi connectivity index (χ0) is 18.7. The molecule has 0 saturated heterocycles. The predicted molar refractivity (Wildman–Crippen MR) is 103 cm³/mol. The van der Waals surface area contributed by atoms with E-state index in [0.717, 1.165) is 11.1 Å². The molecule has 0 aliphatic rings. The van der Waals surface area contributed by atoms with E-state index in [4.69, 9.17) is 0 Å². The molecule has 134 valence electrons. The van der Waals surface area contributed by atoms with Crippen LogP contribution in [0.3, 0.4) is 0 Å². The van der Waals surface area contributed by atoms with Gasteiger partial charge >= 0.3 is 0 Å². The number of anilines is 1. The normalized spacial score (nSPS) is 11.3. The van der Waals surface area contributed by atoms with E-state index in [-0.39, 0.29) is 17.1 Å². The summed E-state index contributed by atoms with van der Waals surface area (Å²) in [6, 6.07) is 14.5. The molecule has 0 radical (unpaired) electrons. The molecule has 3 rings (SSSR count). The summed E-state index contributed by atoms with van der Waals surface area (Å²) in [6.07, 6.45) is 3.63. The first-order chi connectivity index (χ1) is 12.3. The fourth-order valence-electron chi connectivity index (χ4n) is 2.64. The quantitative estimate of drug-likeness (QED) is 0.694. The van der Waals surface area contributed by atoms with Crippen LogP contribution < -0.4 is 5.32 Å². The number of nitrogens with one attached hydrogen (secondary N) is 1. The first kappa shape index (κ1) is 17.7. The van der Waals surface area contributed by atoms with Gasteiger partial charge in [-0.15, -0.1) is 0 Å². The Bertz CT molecular complexity index is 892. The van der Waals surface area contributed by atoms with Crippen molar-refractivity contribution in [1.82, 2.24) is 9.78 Å². The maximum absolute atomic E-state index is 12.5. The van der Waals surface area contributed by atoms with Gasteiger partial charge in [0.05, 0.1) is 12.2 Å². The largest absolute Gasteiger partial charge is 0.506 e. The zero-order valence-corrected chi connectivity index (χ0v) is 15.2. The van der Waals surface area contributed by atoms with Crippen LogP contribution in [0.25, 0.3) is 0 Å². The summed E-state index contributed by atoms with van der Waals surface area (Å²) in [7, 11) is 0. The minimum Gasteiger partial charge on any atom is -0.506 e. The summed E-state index contributed by atoms with van der Waals surface area (Å²) in [5.74, 6) is -0.196. The Balaban J connectivity index is 1.74. The minimum atomic E-state index is -0.253. The maximum atomic E-state index is 12.5. The second-order valence-corrected chi connectivity index (χ2v) is 7.34. The lowest BCUT2D eigenvalue weighted by atomic mass is 9.87. The Morgan fingerprint density at radius 2 is 1.88 bits per heavy atom. The molecule has 0 saturated carbocycles. The molecule has 2 aromatic carbocycles. The third kappa shape index (κ3) is 4.11. The maximum Gasteiger partial charge on any atom is 0.255 e. The van der Waals surface area contributed by atoms with Crippen molar-refractivity contribution >= 4 is 11.6 Å². The summed E-state index contributed by atoms with van der Waals surface area (Å²) in [5.41, 5.74) is 2.99. The number of aromatic nitrogens is 2. The predicted octanol–water partition coefficient (Wildman–Crippen LogP) is 4.19. The third-order valence-corrected chi connectivity index (χ3v) is 4.23. The van der Waals surface area contributed by atoms with Gasteiger partial charge < -0.3 is 10.4 Å². The molecule has 5 nitrogen and oxygen atoms in total. The average Bonchev–Trinajstić information content (AvgIpc) is 3.09. The first-order valence-corrected chi connectivity index (χ1v) is 8.54. The molecule has 0 aliphatic carbocycles. The topological polar surface area (TPSA) is 67.2 Å². The number of hydrogen-bond acceptors (Lipinski definition) is 3. The molecule has 3 aromatic rings. The molecule has 0 unspecified atom stereocenters. The molecule has 5 heteroatoms. The van der Waals surface area contributed by atoms with Gasteiger partial charge in [0.25, 0.3) is 5.91 Å². The number of aromatic hydroxyl groups is 1. The van der Waals surface area contributed by atoms with E-state index in [2.05, 4.69) is 31.2 Å². The van der Waals surface area contributed by atoms with E-state index in [9.17, 15) is 9.90 Å². The van der Waals surface area contributed by atoms with Gasteiger partial charge in [0, 0.05) is 18.0 Å². The van der Waals surface area contributed by atoms with Crippen LogP contribution in [-0.2, 0) is 12.0 Å². The Labute approximate surface area is 153 Å². The molecule has 0 aliphatic heterocycles. The summed E-state index contributed by atoms with van der Waals surface area (Å²) in [4.78, 5) is 12.5. The molecule has 0 bridgehead atoms. The van der Waals surface area contributed by atoms with E-state index in [1.807, 2.05) is 41.2 Å². The lowest BCUT2D eigenvalue weighted by Crippen LogP contribution is -2.15. The molecule has 26 heavy (non-hydrogen) atoms. The second kappa shape index (κ2) is 7.04. The van der Waals surface area contributed by atoms with Gasteiger partial charge in [-0.1, -0.05) is 39.0 Å². The number of nitrogens with zero attached hydrogens (tertiary/aromatic N) is 2. The van der Waals surface area contributed by atoms with E-state index in [0.29, 0.717) is 17.8 Å². The zero-order valence-electron chi connectivity index (χ0n) is 15.2. The molecule has 1 heterocycles. The molecule has 1 amide bonds. The highest BCUT2D eigenvalue weighted by Crippen LogP contribution is 2.31. The van der Waals surface area contributed by atoms with Crippen molar-refractivity contribution in [3.63, 3.8) is 0 Å². The lowest BCUT2D eigenvalue weighted by molar-refractivity contribution is 0.102. The van der Waals surface area contributed by atoms with Crippen molar-refractivity contribution in [2.75, 3.05) is 5.32 Å². The lowest BCUT2D eigenvalue weighted by Gasteiger charge is -2.20. The van der Waals surface area contributed by atoms with Gasteiger partial charge in [-0.3, -0.25) is 9.48 Å². The summed E-state index contributed by atoms with van der Waals surface area (Å²) in [5, 5.41) is 17.0. The highest BCUT2D eigenvalue weighted by atomic mass is 16.3. The number of phenolic OH excluding ortho intramolecular Hbond substituents is 1. The molecular weight excluding hydrogens is 326 g/mol. The van der Waals surface area contributed by atoms with Crippen molar-refractivity contribution in [2.24, 2.45) is 0 Å². The number of benzene rings is 2. The highest BCUT2D eigenvalue weighted by molar-refractivity contribution is 6.05. The van der Waals surface area contributed by atoms with Crippen molar-refractivity contribution < 1.29 is 9.90 Å². The Hall–Kier alpha value is -3.08. The van der Waals surface area contributed by atoms with Crippen LogP contribution in [0.1, 0.15) is 42.3 Å². The molecular formula is C21H23N3O2. The summed E-state index contributed by atoms with van der Waals surface area (Å²) >= 11 is 0. The third-order valence-electron chi connectivity index (χ3n) is 4.23. The van der Waals surface area contributed by atoms with E-state index < -0.39 is 0 Å². The van der Waals surface area contributed by atoms with Crippen LogP contribution in [0, 0.1) is 0 Å². The highest BCUT2D eigenvalue weighted by Gasteiger charge is 2.17. The monoisotopic (exact) mass is 349 g/mol. The number of rotatable bonds is 4. The SMILES string of the molecule is CC(C)(C)c1ccc(O)c(NC(=O)c2ccc(Cn3cccn3)cc2)c1. The first-order valence-electron chi connectivity index (χ1n) is 8.54. The van der Waals surface area contributed by atoms with Crippen molar-refractivity contribution in [1.29, 1.82) is 0 Å². The van der Waals surface area contributed by atoms with E-state index in [1.54, 1.807) is 24.4 Å². The summed E-state index contributed by atoms with van der Waals surface area (Å²) in [6.45, 7) is 6.92. The van der Waals surface area contributed by atoms with Crippen molar-refractivity contribution in [3.8, 4) is 5.75 Å². The van der Waals surface area contributed by atoms with Crippen LogP contribution >= 0.6 is 0 Å². The number of hydrogen-bond donors (Lipinski definition) is 2. The van der Waals surface area contributed by atoms with Crippen LogP contribution in [-0.4, -0.2) is 20.8 Å². The number of carbonyl (C=O) groups excluding carboxylic acids is 1. The van der Waals surface area contributed by atoms with E-state index >= 15 is 0 Å². The number of carbonyl (C=O) groups is 1. The van der Waals surface area contributed by atoms with Gasteiger partial charge in [0.2, 0.25) is 0 Å². The van der Waals surface area contributed by atoms with Crippen LogP contribution in [0.2, 0.25) is 0 Å². The molecule has 2 N–H and O–H groups in total. The average molecular weight is 349 g/mol. The molecule has 0 fully saturated rings. The molecule has 0 atom stereocenters. The fraction of sp³-hybridized carbons (Fsp3) is 0.238. The van der Waals surface area contributed by atoms with E-state index in [1.165, 1.54) is 0 Å². The van der Waals surface area contributed by atoms with Gasteiger partial charge in [-0.05, 0) is 46.9 Å². The van der Waals surface area contributed by atoms with Gasteiger partial charge in [0.1, 0.15) is 5.75 Å². The Morgan fingerprint density at radius 3 is 2.50 bits per heavy atom. The van der Waals surface area contributed by atoms with Gasteiger partial charge in [-0.2, -0.15) is 5.10 Å². The van der Waals surface area contributed by atoms with Crippen molar-refractivity contribution in [3.05, 3.63) is 77.6 Å². The van der Waals surface area contributed by atoms with Crippen LogP contribution in [0.5, 0.6) is 5.75 Å². The standard InChI is InChI=1S/C21H23N3O2/c1-21(2,3)17-9-10-19(25)18(13-17)23-20(26)16-7-5-15(6-8-16)14-24-12-4-11-22-24/h4-13,25H,14H2,1-3H3,(H,23,26). The molecule has 0 spiro atoms. The number of phenols is 1.